The van der Waals surface area contributed by atoms with E-state index in [4.69, 9.17) is 16.3 Å². The van der Waals surface area contributed by atoms with Gasteiger partial charge in [-0.1, -0.05) is 35.9 Å². The predicted molar refractivity (Wildman–Crippen MR) is 123 cm³/mol. The zero-order valence-corrected chi connectivity index (χ0v) is 18.7. The maximum absolute atomic E-state index is 12.5. The SMILES string of the molecule is Cc1[nH][nH]c(=O)c1C(c1ccc(OC(=O)c2ccccc2Cl)cc1)c1c(C)[nH][nH]c1=O.Cl. The number of H-pyrrole nitrogens is 4. The van der Waals surface area contributed by atoms with Gasteiger partial charge in [-0.3, -0.25) is 19.8 Å². The Bertz CT molecular complexity index is 1310. The summed E-state index contributed by atoms with van der Waals surface area (Å²) >= 11 is 6.05. The molecule has 0 amide bonds. The first-order valence-electron chi connectivity index (χ1n) is 9.47. The van der Waals surface area contributed by atoms with Gasteiger partial charge in [-0.2, -0.15) is 0 Å². The van der Waals surface area contributed by atoms with Crippen molar-refractivity contribution in [3.05, 3.63) is 108 Å². The highest BCUT2D eigenvalue weighted by Gasteiger charge is 2.28. The summed E-state index contributed by atoms with van der Waals surface area (Å²) in [5, 5.41) is 11.0. The minimum absolute atomic E-state index is 0. The Morgan fingerprint density at radius 1 is 0.844 bits per heavy atom. The minimum atomic E-state index is -0.613. The molecule has 0 aliphatic rings. The molecule has 8 nitrogen and oxygen atoms in total. The number of benzene rings is 2. The molecule has 2 aromatic carbocycles. The number of rotatable bonds is 5. The van der Waals surface area contributed by atoms with Crippen molar-refractivity contribution in [2.75, 3.05) is 0 Å². The van der Waals surface area contributed by atoms with Gasteiger partial charge < -0.3 is 14.9 Å². The van der Waals surface area contributed by atoms with Crippen molar-refractivity contribution in [2.45, 2.75) is 19.8 Å². The second kappa shape index (κ2) is 9.33. The molecule has 0 saturated heterocycles. The molecule has 0 atom stereocenters. The Morgan fingerprint density at radius 3 is 1.84 bits per heavy atom. The average Bonchev–Trinajstić information content (AvgIpc) is 3.26. The summed E-state index contributed by atoms with van der Waals surface area (Å²) in [7, 11) is 0. The number of esters is 1. The van der Waals surface area contributed by atoms with E-state index in [1.165, 1.54) is 0 Å². The van der Waals surface area contributed by atoms with Gasteiger partial charge in [-0.05, 0) is 43.7 Å². The van der Waals surface area contributed by atoms with Crippen molar-refractivity contribution in [3.8, 4) is 5.75 Å². The third kappa shape index (κ3) is 4.28. The quantitative estimate of drug-likeness (QED) is 0.259. The molecule has 0 fully saturated rings. The number of hydrogen-bond acceptors (Lipinski definition) is 4. The van der Waals surface area contributed by atoms with E-state index in [9.17, 15) is 14.4 Å². The van der Waals surface area contributed by atoms with Crippen LogP contribution in [0.2, 0.25) is 5.02 Å². The van der Waals surface area contributed by atoms with Crippen molar-refractivity contribution in [3.63, 3.8) is 0 Å². The van der Waals surface area contributed by atoms with Crippen LogP contribution >= 0.6 is 24.0 Å². The zero-order valence-electron chi connectivity index (χ0n) is 17.1. The fourth-order valence-electron chi connectivity index (χ4n) is 3.60. The first kappa shape index (κ1) is 23.2. The molecular weight excluding hydrogens is 455 g/mol. The van der Waals surface area contributed by atoms with E-state index < -0.39 is 11.9 Å². The van der Waals surface area contributed by atoms with E-state index in [0.717, 1.165) is 0 Å². The predicted octanol–water partition coefficient (Wildman–Crippen LogP) is 3.81. The van der Waals surface area contributed by atoms with Gasteiger partial charge >= 0.3 is 5.97 Å². The summed E-state index contributed by atoms with van der Waals surface area (Å²) in [6.07, 6.45) is 0. The highest BCUT2D eigenvalue weighted by molar-refractivity contribution is 6.33. The number of carbonyl (C=O) groups excluding carboxylic acids is 1. The first-order valence-corrected chi connectivity index (χ1v) is 9.85. The van der Waals surface area contributed by atoms with Gasteiger partial charge in [-0.15, -0.1) is 12.4 Å². The van der Waals surface area contributed by atoms with Crippen LogP contribution in [0, 0.1) is 13.8 Å². The zero-order chi connectivity index (χ0) is 22.1. The topological polar surface area (TPSA) is 124 Å². The molecule has 0 radical (unpaired) electrons. The molecule has 0 aliphatic heterocycles. The smallest absolute Gasteiger partial charge is 0.345 e. The maximum Gasteiger partial charge on any atom is 0.345 e. The Balaban J connectivity index is 0.00000289. The number of nitrogens with one attached hydrogen (secondary N) is 4. The van der Waals surface area contributed by atoms with Crippen LogP contribution in [0.25, 0.3) is 0 Å². The Morgan fingerprint density at radius 2 is 1.38 bits per heavy atom. The molecule has 2 heterocycles. The number of carbonyl (C=O) groups is 1. The second-order valence-electron chi connectivity index (χ2n) is 7.11. The maximum atomic E-state index is 12.5. The lowest BCUT2D eigenvalue weighted by molar-refractivity contribution is 0.0735. The van der Waals surface area contributed by atoms with Crippen molar-refractivity contribution in [2.24, 2.45) is 0 Å². The number of aryl methyl sites for hydroxylation is 2. The van der Waals surface area contributed by atoms with Gasteiger partial charge in [0.25, 0.3) is 11.1 Å². The second-order valence-corrected chi connectivity index (χ2v) is 7.51. The van der Waals surface area contributed by atoms with Crippen LogP contribution in [0.5, 0.6) is 5.75 Å². The van der Waals surface area contributed by atoms with Crippen LogP contribution in [0.4, 0.5) is 0 Å². The Hall–Kier alpha value is -3.49. The van der Waals surface area contributed by atoms with Crippen LogP contribution in [0.1, 0.15) is 44.4 Å². The molecule has 4 rings (SSSR count). The van der Waals surface area contributed by atoms with E-state index in [1.807, 2.05) is 0 Å². The molecule has 10 heteroatoms. The van der Waals surface area contributed by atoms with Gasteiger partial charge in [0.05, 0.1) is 21.7 Å². The van der Waals surface area contributed by atoms with Crippen LogP contribution in [0.15, 0.2) is 58.1 Å². The molecule has 0 unspecified atom stereocenters. The molecule has 2 aromatic heterocycles. The molecular formula is C22H20Cl2N4O4. The normalized spacial score (nSPS) is 10.8. The number of aromatic nitrogens is 4. The van der Waals surface area contributed by atoms with Gasteiger partial charge in [0.2, 0.25) is 0 Å². The Labute approximate surface area is 193 Å². The van der Waals surface area contributed by atoms with Crippen molar-refractivity contribution in [1.82, 2.24) is 20.4 Å². The van der Waals surface area contributed by atoms with Crippen molar-refractivity contribution >= 4 is 30.0 Å². The third-order valence-corrected chi connectivity index (χ3v) is 5.45. The fourth-order valence-corrected chi connectivity index (χ4v) is 3.81. The van der Waals surface area contributed by atoms with Gasteiger partial charge in [0.1, 0.15) is 5.75 Å². The highest BCUT2D eigenvalue weighted by Crippen LogP contribution is 2.32. The lowest BCUT2D eigenvalue weighted by atomic mass is 9.85. The summed E-state index contributed by atoms with van der Waals surface area (Å²) in [6, 6.07) is 13.3. The highest BCUT2D eigenvalue weighted by atomic mass is 35.5. The van der Waals surface area contributed by atoms with Crippen LogP contribution in [0.3, 0.4) is 0 Å². The van der Waals surface area contributed by atoms with Crippen molar-refractivity contribution in [1.29, 1.82) is 0 Å². The number of aromatic amines is 4. The van der Waals surface area contributed by atoms with Gasteiger partial charge in [-0.25, -0.2) is 4.79 Å². The summed E-state index contributed by atoms with van der Waals surface area (Å²) in [5.41, 5.74) is 2.47. The number of hydrogen-bond donors (Lipinski definition) is 4. The monoisotopic (exact) mass is 474 g/mol. The molecule has 0 aliphatic carbocycles. The summed E-state index contributed by atoms with van der Waals surface area (Å²) in [5.74, 6) is -0.879. The number of halogens is 2. The largest absolute Gasteiger partial charge is 0.423 e. The fraction of sp³-hybridized carbons (Fsp3) is 0.136. The molecule has 4 N–H and O–H groups in total. The van der Waals surface area contributed by atoms with E-state index in [-0.39, 0.29) is 29.1 Å². The number of ether oxygens (including phenoxy) is 1. The molecule has 0 bridgehead atoms. The molecule has 0 spiro atoms. The van der Waals surface area contributed by atoms with E-state index in [1.54, 1.807) is 62.4 Å². The van der Waals surface area contributed by atoms with Gasteiger partial charge in [0.15, 0.2) is 0 Å². The van der Waals surface area contributed by atoms with E-state index in [0.29, 0.717) is 38.9 Å². The lowest BCUT2D eigenvalue weighted by Gasteiger charge is -2.16. The van der Waals surface area contributed by atoms with Crippen LogP contribution in [-0.4, -0.2) is 26.4 Å². The Kier molecular flexibility index (Phi) is 6.76. The van der Waals surface area contributed by atoms with E-state index in [2.05, 4.69) is 20.4 Å². The first-order chi connectivity index (χ1) is 14.9. The summed E-state index contributed by atoms with van der Waals surface area (Å²) < 4.78 is 5.42. The molecule has 166 valence electrons. The van der Waals surface area contributed by atoms with Crippen LogP contribution < -0.4 is 15.9 Å². The summed E-state index contributed by atoms with van der Waals surface area (Å²) in [6.45, 7) is 3.52. The molecule has 32 heavy (non-hydrogen) atoms. The third-order valence-electron chi connectivity index (χ3n) is 5.12. The standard InChI is InChI=1S/C22H19ClN4O4.ClH/c1-11-17(20(28)26-24-11)19(18-12(2)25-27-21(18)29)13-7-9-14(10-8-13)31-22(30)15-5-3-4-6-16(15)23;/h3-10,19H,1-2H3,(H2,24,26,28)(H2,25,27,29);1H. The van der Waals surface area contributed by atoms with E-state index >= 15 is 0 Å². The average molecular weight is 475 g/mol. The lowest BCUT2D eigenvalue weighted by Crippen LogP contribution is -2.20. The van der Waals surface area contributed by atoms with Crippen molar-refractivity contribution < 1.29 is 9.53 Å². The van der Waals surface area contributed by atoms with Gasteiger partial charge in [0, 0.05) is 17.3 Å². The molecule has 4 aromatic rings. The van der Waals surface area contributed by atoms with Crippen LogP contribution in [-0.2, 0) is 0 Å². The minimum Gasteiger partial charge on any atom is -0.423 e. The molecule has 0 saturated carbocycles. The summed E-state index contributed by atoms with van der Waals surface area (Å²) in [4.78, 5) is 37.4.